The largest absolute Gasteiger partial charge is 0.325 e. The summed E-state index contributed by atoms with van der Waals surface area (Å²) < 4.78 is 0.924. The third kappa shape index (κ3) is 3.41. The number of halogens is 2. The molecule has 1 fully saturated rings. The molecule has 0 unspecified atom stereocenters. The van der Waals surface area contributed by atoms with E-state index in [4.69, 9.17) is 11.6 Å². The number of carbonyl (C=O) groups excluding carboxylic acids is 2. The van der Waals surface area contributed by atoms with Crippen molar-refractivity contribution in [1.82, 2.24) is 0 Å². The topological polar surface area (TPSA) is 58.2 Å². The van der Waals surface area contributed by atoms with Gasteiger partial charge in [0, 0.05) is 10.2 Å². The SMILES string of the molecule is O=C(Nc1ccc(Br)cc1)C1(C(=O)Nc2ccccc2Cl)CC1. The van der Waals surface area contributed by atoms with Gasteiger partial charge >= 0.3 is 0 Å². The molecule has 0 aliphatic heterocycles. The van der Waals surface area contributed by atoms with Gasteiger partial charge in [-0.2, -0.15) is 0 Å². The monoisotopic (exact) mass is 392 g/mol. The summed E-state index contributed by atoms with van der Waals surface area (Å²) in [5.74, 6) is -0.607. The number of para-hydroxylation sites is 1. The summed E-state index contributed by atoms with van der Waals surface area (Å²) >= 11 is 9.38. The van der Waals surface area contributed by atoms with Crippen LogP contribution in [0.2, 0.25) is 5.02 Å². The molecule has 6 heteroatoms. The summed E-state index contributed by atoms with van der Waals surface area (Å²) in [5, 5.41) is 6.00. The van der Waals surface area contributed by atoms with Gasteiger partial charge in [-0.25, -0.2) is 0 Å². The van der Waals surface area contributed by atoms with Crippen LogP contribution in [-0.2, 0) is 9.59 Å². The highest BCUT2D eigenvalue weighted by Gasteiger charge is 2.56. The fourth-order valence-corrected chi connectivity index (χ4v) is 2.72. The van der Waals surface area contributed by atoms with Crippen LogP contribution in [-0.4, -0.2) is 11.8 Å². The molecule has 2 amide bonds. The number of hydrogen-bond donors (Lipinski definition) is 2. The predicted molar refractivity (Wildman–Crippen MR) is 94.5 cm³/mol. The van der Waals surface area contributed by atoms with E-state index < -0.39 is 5.41 Å². The molecule has 23 heavy (non-hydrogen) atoms. The van der Waals surface area contributed by atoms with E-state index in [0.717, 1.165) is 4.47 Å². The molecule has 1 aliphatic carbocycles. The third-order valence-corrected chi connectivity index (χ3v) is 4.70. The molecule has 4 nitrogen and oxygen atoms in total. The second-order valence-electron chi connectivity index (χ2n) is 5.48. The molecule has 1 aliphatic rings. The molecule has 3 rings (SSSR count). The summed E-state index contributed by atoms with van der Waals surface area (Å²) in [6.07, 6.45) is 1.07. The van der Waals surface area contributed by atoms with E-state index in [-0.39, 0.29) is 11.8 Å². The molecular formula is C17H14BrClN2O2. The smallest absolute Gasteiger partial charge is 0.240 e. The number of nitrogens with one attached hydrogen (secondary N) is 2. The molecule has 2 aromatic carbocycles. The Morgan fingerprint density at radius 1 is 0.957 bits per heavy atom. The Morgan fingerprint density at radius 3 is 2.17 bits per heavy atom. The van der Waals surface area contributed by atoms with E-state index in [1.54, 1.807) is 36.4 Å². The quantitative estimate of drug-likeness (QED) is 0.754. The van der Waals surface area contributed by atoms with Crippen LogP contribution in [0, 0.1) is 5.41 Å². The van der Waals surface area contributed by atoms with Gasteiger partial charge in [-0.1, -0.05) is 39.7 Å². The summed E-state index contributed by atoms with van der Waals surface area (Å²) in [6.45, 7) is 0. The van der Waals surface area contributed by atoms with Gasteiger partial charge < -0.3 is 10.6 Å². The van der Waals surface area contributed by atoms with Gasteiger partial charge in [0.1, 0.15) is 5.41 Å². The van der Waals surface area contributed by atoms with Crippen molar-refractivity contribution in [3.63, 3.8) is 0 Å². The Kier molecular flexibility index (Phi) is 4.41. The molecule has 0 atom stereocenters. The van der Waals surface area contributed by atoms with E-state index in [9.17, 15) is 9.59 Å². The van der Waals surface area contributed by atoms with Crippen molar-refractivity contribution in [3.8, 4) is 0 Å². The molecule has 0 bridgehead atoms. The standard InChI is InChI=1S/C17H14BrClN2O2/c18-11-5-7-12(8-6-11)20-15(22)17(9-10-17)16(23)21-14-4-2-1-3-13(14)19/h1-8H,9-10H2,(H,20,22)(H,21,23). The van der Waals surface area contributed by atoms with Crippen molar-refractivity contribution in [2.24, 2.45) is 5.41 Å². The highest BCUT2D eigenvalue weighted by Crippen LogP contribution is 2.47. The van der Waals surface area contributed by atoms with Crippen molar-refractivity contribution >= 4 is 50.7 Å². The molecule has 0 radical (unpaired) electrons. The summed E-state index contributed by atoms with van der Waals surface area (Å²) in [6, 6.07) is 14.2. The first-order valence-electron chi connectivity index (χ1n) is 7.14. The highest BCUT2D eigenvalue weighted by molar-refractivity contribution is 9.10. The van der Waals surface area contributed by atoms with Crippen LogP contribution in [0.5, 0.6) is 0 Å². The molecule has 0 heterocycles. The van der Waals surface area contributed by atoms with Gasteiger partial charge in [0.15, 0.2) is 0 Å². The first-order valence-corrected chi connectivity index (χ1v) is 8.31. The first kappa shape index (κ1) is 16.0. The summed E-state index contributed by atoms with van der Waals surface area (Å²) in [5.41, 5.74) is 0.170. The van der Waals surface area contributed by atoms with E-state index in [0.29, 0.717) is 29.2 Å². The van der Waals surface area contributed by atoms with Crippen molar-refractivity contribution in [3.05, 3.63) is 58.0 Å². The molecular weight excluding hydrogens is 380 g/mol. The van der Waals surface area contributed by atoms with E-state index in [1.807, 2.05) is 12.1 Å². The lowest BCUT2D eigenvalue weighted by atomic mass is 10.0. The van der Waals surface area contributed by atoms with Gasteiger partial charge in [-0.05, 0) is 49.2 Å². The maximum Gasteiger partial charge on any atom is 0.240 e. The third-order valence-electron chi connectivity index (χ3n) is 3.84. The molecule has 0 spiro atoms. The molecule has 0 aromatic heterocycles. The Bertz CT molecular complexity index is 757. The second-order valence-corrected chi connectivity index (χ2v) is 6.80. The highest BCUT2D eigenvalue weighted by atomic mass is 79.9. The van der Waals surface area contributed by atoms with Crippen LogP contribution in [0.3, 0.4) is 0 Å². The number of hydrogen-bond acceptors (Lipinski definition) is 2. The van der Waals surface area contributed by atoms with Crippen LogP contribution < -0.4 is 10.6 Å². The minimum Gasteiger partial charge on any atom is -0.325 e. The van der Waals surface area contributed by atoms with Crippen LogP contribution in [0.25, 0.3) is 0 Å². The minimum absolute atomic E-state index is 0.288. The van der Waals surface area contributed by atoms with Crippen molar-refractivity contribution in [2.45, 2.75) is 12.8 Å². The number of carbonyl (C=O) groups is 2. The van der Waals surface area contributed by atoms with Gasteiger partial charge in [-0.3, -0.25) is 9.59 Å². The fourth-order valence-electron chi connectivity index (χ4n) is 2.27. The van der Waals surface area contributed by atoms with Gasteiger partial charge in [0.2, 0.25) is 11.8 Å². The Labute approximate surface area is 147 Å². The van der Waals surface area contributed by atoms with E-state index in [2.05, 4.69) is 26.6 Å². The van der Waals surface area contributed by atoms with E-state index in [1.165, 1.54) is 0 Å². The lowest BCUT2D eigenvalue weighted by Crippen LogP contribution is -2.35. The van der Waals surface area contributed by atoms with Crippen molar-refractivity contribution in [2.75, 3.05) is 10.6 Å². The number of anilines is 2. The second kappa shape index (κ2) is 6.34. The van der Waals surface area contributed by atoms with Crippen LogP contribution in [0.15, 0.2) is 53.0 Å². The molecule has 2 aromatic rings. The molecule has 0 saturated heterocycles. The van der Waals surface area contributed by atoms with Crippen LogP contribution in [0.4, 0.5) is 11.4 Å². The van der Waals surface area contributed by atoms with Crippen LogP contribution >= 0.6 is 27.5 Å². The lowest BCUT2D eigenvalue weighted by molar-refractivity contribution is -0.131. The first-order chi connectivity index (χ1) is 11.0. The Balaban J connectivity index is 1.71. The number of rotatable bonds is 4. The van der Waals surface area contributed by atoms with Crippen LogP contribution in [0.1, 0.15) is 12.8 Å². The Hall–Kier alpha value is -1.85. The average molecular weight is 394 g/mol. The molecule has 118 valence electrons. The van der Waals surface area contributed by atoms with Gasteiger partial charge in [-0.15, -0.1) is 0 Å². The lowest BCUT2D eigenvalue weighted by Gasteiger charge is -2.16. The average Bonchev–Trinajstić information content (AvgIpc) is 3.34. The number of amides is 2. The van der Waals surface area contributed by atoms with Crippen molar-refractivity contribution in [1.29, 1.82) is 0 Å². The zero-order chi connectivity index (χ0) is 16.4. The molecule has 2 N–H and O–H groups in total. The van der Waals surface area contributed by atoms with Crippen molar-refractivity contribution < 1.29 is 9.59 Å². The maximum atomic E-state index is 12.5. The van der Waals surface area contributed by atoms with E-state index >= 15 is 0 Å². The van der Waals surface area contributed by atoms with Gasteiger partial charge in [0.25, 0.3) is 0 Å². The van der Waals surface area contributed by atoms with Gasteiger partial charge in [0.05, 0.1) is 10.7 Å². The normalized spacial score (nSPS) is 14.9. The molecule has 1 saturated carbocycles. The predicted octanol–water partition coefficient (Wildman–Crippen LogP) is 4.46. The fraction of sp³-hybridized carbons (Fsp3) is 0.176. The Morgan fingerprint density at radius 2 is 1.57 bits per heavy atom. The minimum atomic E-state index is -1.01. The maximum absolute atomic E-state index is 12.5. The zero-order valence-corrected chi connectivity index (χ0v) is 14.4. The summed E-state index contributed by atoms with van der Waals surface area (Å²) in [7, 11) is 0. The zero-order valence-electron chi connectivity index (χ0n) is 12.1. The number of benzene rings is 2. The summed E-state index contributed by atoms with van der Waals surface area (Å²) in [4.78, 5) is 25.0.